The lowest BCUT2D eigenvalue weighted by Gasteiger charge is -2.09. The normalized spacial score (nSPS) is 12.5. The second-order valence-corrected chi connectivity index (χ2v) is 20.3. The van der Waals surface area contributed by atoms with Crippen molar-refractivity contribution in [2.24, 2.45) is 12.0 Å². The van der Waals surface area contributed by atoms with Gasteiger partial charge in [-0.25, -0.2) is 27.8 Å². The minimum atomic E-state index is -3.08. The summed E-state index contributed by atoms with van der Waals surface area (Å²) < 4.78 is 83.7. The molecule has 5 aromatic rings. The first kappa shape index (κ1) is 82.9. The molecule has 0 fully saturated rings. The molecule has 5 heterocycles. The van der Waals surface area contributed by atoms with Gasteiger partial charge in [0.05, 0.1) is 63.4 Å². The molecule has 0 aliphatic carbocycles. The Morgan fingerprint density at radius 3 is 1.66 bits per heavy atom. The fourth-order valence-electron chi connectivity index (χ4n) is 5.06. The van der Waals surface area contributed by atoms with E-state index in [0.29, 0.717) is 41.7 Å². The molecule has 1 aliphatic rings. The zero-order valence-electron chi connectivity index (χ0n) is 53.3. The summed E-state index contributed by atoms with van der Waals surface area (Å²) in [6, 6.07) is 18.0. The molecular formula is C60H93FN6O18S. The van der Waals surface area contributed by atoms with Crippen molar-refractivity contribution in [1.29, 1.82) is 0 Å². The van der Waals surface area contributed by atoms with E-state index in [1.54, 1.807) is 135 Å². The third kappa shape index (κ3) is 44.2. The molecule has 86 heavy (non-hydrogen) atoms. The highest BCUT2D eigenvalue weighted by Gasteiger charge is 2.15. The smallest absolute Gasteiger partial charge is 0.358 e. The summed E-state index contributed by atoms with van der Waals surface area (Å²) in [5.41, 5.74) is 4.30. The number of aromatic nitrogens is 5. The lowest BCUT2D eigenvalue weighted by molar-refractivity contribution is -0.151. The van der Waals surface area contributed by atoms with Gasteiger partial charge in [0.15, 0.2) is 21.6 Å². The Labute approximate surface area is 506 Å². The second-order valence-electron chi connectivity index (χ2n) is 18.3. The van der Waals surface area contributed by atoms with Crippen LogP contribution in [0.4, 0.5) is 4.39 Å². The number of sulfone groups is 1. The Kier molecular flexibility index (Phi) is 48.1. The van der Waals surface area contributed by atoms with Crippen LogP contribution in [0.2, 0.25) is 0 Å². The SMILES string of the molecule is COC(=O)[C@@H](C)OC.COC(C)CCOC(=O)C1=CCC(C)=N1.COC[C@@H](C)OC.CO[C@H](C)CO.CO[C@H](C)COC(=O)c1ccn(C)n1.COc1ccc(S(C)(=O)=O)cc1.Cc1cc[nH]c(=O)c1.Cc1ccc[nH]c1=O.Cc1ccnc(F)c1. The van der Waals surface area contributed by atoms with Crippen LogP contribution >= 0.6 is 0 Å². The number of nitrogens with zero attached hydrogens (tertiary/aromatic N) is 4. The zero-order chi connectivity index (χ0) is 66.2. The summed E-state index contributed by atoms with van der Waals surface area (Å²) in [6.07, 6.45) is 10.6. The van der Waals surface area contributed by atoms with Gasteiger partial charge < -0.3 is 62.4 Å². The predicted molar refractivity (Wildman–Crippen MR) is 327 cm³/mol. The van der Waals surface area contributed by atoms with Crippen molar-refractivity contribution in [2.45, 2.75) is 111 Å². The fraction of sp³-hybridized carbons (Fsp3) is 0.500. The molecule has 1 unspecified atom stereocenters. The number of carbonyl (C=O) groups excluding carboxylic acids is 3. The number of ether oxygens (including phenoxy) is 10. The van der Waals surface area contributed by atoms with Gasteiger partial charge in [-0.3, -0.25) is 19.3 Å². The number of rotatable bonds is 18. The molecular weight excluding hydrogens is 1140 g/mol. The molecule has 0 amide bonds. The van der Waals surface area contributed by atoms with E-state index in [1.807, 2.05) is 47.6 Å². The van der Waals surface area contributed by atoms with E-state index < -0.39 is 27.9 Å². The molecule has 26 heteroatoms. The third-order valence-electron chi connectivity index (χ3n) is 10.7. The highest BCUT2D eigenvalue weighted by molar-refractivity contribution is 7.90. The number of allylic oxidation sites excluding steroid dienone is 1. The van der Waals surface area contributed by atoms with E-state index in [-0.39, 0.29) is 60.7 Å². The summed E-state index contributed by atoms with van der Waals surface area (Å²) in [6.45, 7) is 17.9. The first-order valence-electron chi connectivity index (χ1n) is 26.6. The van der Waals surface area contributed by atoms with Crippen molar-refractivity contribution in [1.82, 2.24) is 24.7 Å². The van der Waals surface area contributed by atoms with Crippen LogP contribution in [0.15, 0.2) is 123 Å². The number of methoxy groups -OCH3 is 8. The number of halogens is 1. The lowest BCUT2D eigenvalue weighted by atomic mass is 10.3. The molecule has 0 bridgehead atoms. The van der Waals surface area contributed by atoms with Crippen LogP contribution in [0.3, 0.4) is 0 Å². The number of aliphatic imine (C=N–C) groups is 1. The van der Waals surface area contributed by atoms with Crippen LogP contribution < -0.4 is 15.9 Å². The number of hydrogen-bond acceptors (Lipinski definition) is 21. The lowest BCUT2D eigenvalue weighted by Crippen LogP contribution is -2.19. The average Bonchev–Trinajstić information content (AvgIpc) is 4.28. The first-order chi connectivity index (χ1) is 40.5. The highest BCUT2D eigenvalue weighted by Crippen LogP contribution is 2.15. The number of benzene rings is 1. The van der Waals surface area contributed by atoms with E-state index in [9.17, 15) is 36.8 Å². The van der Waals surface area contributed by atoms with Crippen molar-refractivity contribution >= 4 is 33.5 Å². The van der Waals surface area contributed by atoms with E-state index in [4.69, 9.17) is 38.3 Å². The van der Waals surface area contributed by atoms with E-state index in [0.717, 1.165) is 28.8 Å². The number of aryl methyl sites for hydroxylation is 4. The summed E-state index contributed by atoms with van der Waals surface area (Å²) >= 11 is 0. The average molecular weight is 1240 g/mol. The number of aliphatic hydroxyl groups is 1. The molecule has 6 rings (SSSR count). The topological polar surface area (TPSA) is 307 Å². The van der Waals surface area contributed by atoms with E-state index in [2.05, 4.69) is 39.3 Å². The Hall–Kier alpha value is -7.30. The molecule has 484 valence electrons. The van der Waals surface area contributed by atoms with Gasteiger partial charge in [-0.2, -0.15) is 9.49 Å². The second kappa shape index (κ2) is 49.9. The van der Waals surface area contributed by atoms with Gasteiger partial charge in [0.25, 0.3) is 5.56 Å². The molecule has 0 saturated heterocycles. The van der Waals surface area contributed by atoms with Crippen LogP contribution in [-0.4, -0.2) is 182 Å². The van der Waals surface area contributed by atoms with Crippen LogP contribution in [0.25, 0.3) is 0 Å². The van der Waals surface area contributed by atoms with Gasteiger partial charge in [0.1, 0.15) is 18.1 Å². The maximum Gasteiger partial charge on any atom is 0.358 e. The minimum Gasteiger partial charge on any atom is -0.497 e. The highest BCUT2D eigenvalue weighted by atomic mass is 32.2. The largest absolute Gasteiger partial charge is 0.497 e. The van der Waals surface area contributed by atoms with Crippen molar-refractivity contribution < 1.29 is 79.7 Å². The molecule has 0 spiro atoms. The maximum atomic E-state index is 12.1. The van der Waals surface area contributed by atoms with Gasteiger partial charge >= 0.3 is 17.9 Å². The van der Waals surface area contributed by atoms with Crippen LogP contribution in [0.1, 0.15) is 81.6 Å². The molecule has 4 aromatic heterocycles. The fourth-order valence-corrected chi connectivity index (χ4v) is 5.69. The first-order valence-corrected chi connectivity index (χ1v) is 28.5. The molecule has 1 aliphatic heterocycles. The number of esters is 3. The Bertz CT molecular complexity index is 2880. The molecule has 0 radical (unpaired) electrons. The molecule has 0 saturated carbocycles. The maximum absolute atomic E-state index is 12.1. The van der Waals surface area contributed by atoms with Gasteiger partial charge in [0.2, 0.25) is 11.5 Å². The number of carbonyl (C=O) groups is 3. The van der Waals surface area contributed by atoms with Crippen LogP contribution in [-0.2, 0) is 69.1 Å². The number of aliphatic hydroxyl groups excluding tert-OH is 1. The predicted octanol–water partition coefficient (Wildman–Crippen LogP) is 7.18. The number of H-pyrrole nitrogens is 2. The van der Waals surface area contributed by atoms with Crippen molar-refractivity contribution in [3.8, 4) is 5.75 Å². The Balaban J connectivity index is -0.000000916. The number of pyridine rings is 3. The zero-order valence-corrected chi connectivity index (χ0v) is 54.1. The molecule has 24 nitrogen and oxygen atoms in total. The monoisotopic (exact) mass is 1240 g/mol. The van der Waals surface area contributed by atoms with Crippen molar-refractivity contribution in [3.63, 3.8) is 0 Å². The quantitative estimate of drug-likeness (QED) is 0.0444. The van der Waals surface area contributed by atoms with Gasteiger partial charge in [-0.1, -0.05) is 6.07 Å². The van der Waals surface area contributed by atoms with Gasteiger partial charge in [-0.15, -0.1) is 0 Å². The van der Waals surface area contributed by atoms with Crippen LogP contribution in [0.5, 0.6) is 5.75 Å². The summed E-state index contributed by atoms with van der Waals surface area (Å²) in [5, 5.41) is 12.1. The number of hydrogen-bond donors (Lipinski definition) is 3. The van der Waals surface area contributed by atoms with Gasteiger partial charge in [0, 0.05) is 111 Å². The van der Waals surface area contributed by atoms with Crippen molar-refractivity contribution in [2.75, 3.05) is 89.6 Å². The third-order valence-corrected chi connectivity index (χ3v) is 11.8. The van der Waals surface area contributed by atoms with Crippen molar-refractivity contribution in [3.05, 3.63) is 152 Å². The summed E-state index contributed by atoms with van der Waals surface area (Å²) in [5.74, 6) is -0.857. The van der Waals surface area contributed by atoms with Crippen LogP contribution in [0, 0.1) is 26.7 Å². The number of aromatic amines is 2. The Morgan fingerprint density at radius 2 is 1.31 bits per heavy atom. The molecule has 1 aromatic carbocycles. The number of nitrogens with one attached hydrogen (secondary N) is 2. The summed E-state index contributed by atoms with van der Waals surface area (Å²) in [4.78, 5) is 67.0. The van der Waals surface area contributed by atoms with E-state index >= 15 is 0 Å². The van der Waals surface area contributed by atoms with Gasteiger partial charge in [-0.05, 0) is 134 Å². The minimum absolute atomic E-state index is 0.00694. The summed E-state index contributed by atoms with van der Waals surface area (Å²) in [7, 11) is 11.1. The standard InChI is InChI=1S/C11H17NO3.C9H14N2O3.C8H10O3S.C6H6FN.2C6H7NO.C5H10O3.C5H12O2.C4H10O2/c1-8-4-5-10(12-8)11(13)15-7-6-9(2)14-3;1-7(13-3)6-14-9(12)8-4-5-11(2)10-8;1-11-7-3-5-8(6-4-7)12(2,9)10;1-5-2-3-8-6(7)4-5;1-5-2-3-7-6(8)4-5;1-5-3-2-4-7-6(5)8;1-4(7-2)5(6)8-3;1-5(7-3)4-6-2;1-4(3-5)6-2/h5,9H,4,6-7H2,1-3H3;4-5,7H,6H2,1-3H3;3-6H,1-2H3;2-4H,1H3;2*2-4H,1H3,(H,7,8);4H,1-3H3;5H,4H2,1-3H3;4-5H,3H2,1-2H3/t;7-;;;;;4-;5-;4-/m.1....111/s1. The molecule has 3 N–H and O–H groups in total. The van der Waals surface area contributed by atoms with E-state index in [1.165, 1.54) is 52.0 Å². The Morgan fingerprint density at radius 1 is 0.721 bits per heavy atom. The molecule has 5 atom stereocenters.